The van der Waals surface area contributed by atoms with Crippen LogP contribution in [-0.4, -0.2) is 5.26 Å². The molecule has 2 nitrogen and oxygen atoms in total. The monoisotopic (exact) mass is 190 g/mol. The van der Waals surface area contributed by atoms with Gasteiger partial charge in [0.05, 0.1) is 0 Å². The molecule has 0 heterocycles. The molecule has 14 heavy (non-hydrogen) atoms. The fourth-order valence-corrected chi connectivity index (χ4v) is 1.30. The first-order valence-corrected chi connectivity index (χ1v) is 4.46. The minimum atomic E-state index is 0.490. The summed E-state index contributed by atoms with van der Waals surface area (Å²) < 4.78 is 0. The molecule has 0 amide bonds. The lowest BCUT2D eigenvalue weighted by Gasteiger charge is -2.06. The number of allylic oxidation sites excluding steroid dienone is 2. The third-order valence-corrected chi connectivity index (χ3v) is 1.97. The van der Waals surface area contributed by atoms with Crippen LogP contribution in [0.25, 0.3) is 0 Å². The van der Waals surface area contributed by atoms with Gasteiger partial charge in [0.2, 0.25) is 0 Å². The van der Waals surface area contributed by atoms with Crippen molar-refractivity contribution in [1.29, 1.82) is 0 Å². The van der Waals surface area contributed by atoms with Gasteiger partial charge in [-0.25, -0.2) is 5.26 Å². The molecular weight excluding hydrogens is 176 g/mol. The fourth-order valence-electron chi connectivity index (χ4n) is 1.30. The first-order valence-electron chi connectivity index (χ1n) is 4.46. The van der Waals surface area contributed by atoms with Crippen LogP contribution in [0.4, 0.5) is 0 Å². The minimum Gasteiger partial charge on any atom is -0.340 e. The zero-order valence-electron chi connectivity index (χ0n) is 8.07. The number of rotatable bonds is 5. The maximum atomic E-state index is 8.68. The van der Waals surface area contributed by atoms with Crippen molar-refractivity contribution >= 4 is 0 Å². The summed E-state index contributed by atoms with van der Waals surface area (Å²) in [5.74, 6) is 0.490. The Kier molecular flexibility index (Phi) is 3.95. The Labute approximate surface area is 84.1 Å². The van der Waals surface area contributed by atoms with Gasteiger partial charge in [0.15, 0.2) is 5.75 Å². The predicted octanol–water partition coefficient (Wildman–Crippen LogP) is 3.00. The van der Waals surface area contributed by atoms with Crippen molar-refractivity contribution in [3.63, 3.8) is 0 Å². The van der Waals surface area contributed by atoms with Crippen molar-refractivity contribution in [2.75, 3.05) is 0 Å². The van der Waals surface area contributed by atoms with Crippen molar-refractivity contribution in [1.82, 2.24) is 0 Å². The third-order valence-electron chi connectivity index (χ3n) is 1.97. The molecule has 1 aromatic carbocycles. The van der Waals surface area contributed by atoms with Gasteiger partial charge < -0.3 is 4.89 Å². The lowest BCUT2D eigenvalue weighted by Crippen LogP contribution is -1.93. The first kappa shape index (κ1) is 10.5. The van der Waals surface area contributed by atoms with Crippen molar-refractivity contribution < 1.29 is 10.1 Å². The van der Waals surface area contributed by atoms with E-state index in [1.54, 1.807) is 12.1 Å². The van der Waals surface area contributed by atoms with Crippen LogP contribution in [-0.2, 0) is 12.8 Å². The van der Waals surface area contributed by atoms with Crippen LogP contribution in [0.1, 0.15) is 11.1 Å². The second-order valence-electron chi connectivity index (χ2n) is 3.02. The molecule has 1 rings (SSSR count). The van der Waals surface area contributed by atoms with Gasteiger partial charge in [-0.1, -0.05) is 24.3 Å². The summed E-state index contributed by atoms with van der Waals surface area (Å²) >= 11 is 0. The molecule has 0 saturated carbocycles. The van der Waals surface area contributed by atoms with Crippen LogP contribution in [0.2, 0.25) is 0 Å². The molecule has 0 bridgehead atoms. The molecule has 1 N–H and O–H groups in total. The molecule has 1 aromatic rings. The van der Waals surface area contributed by atoms with Crippen molar-refractivity contribution in [3.8, 4) is 5.75 Å². The third kappa shape index (κ3) is 2.47. The molecule has 0 unspecified atom stereocenters. The van der Waals surface area contributed by atoms with Gasteiger partial charge in [0, 0.05) is 5.56 Å². The van der Waals surface area contributed by atoms with Crippen LogP contribution in [0, 0.1) is 0 Å². The molecule has 0 aromatic heterocycles. The van der Waals surface area contributed by atoms with Gasteiger partial charge in [-0.2, -0.15) is 0 Å². The average Bonchev–Trinajstić information content (AvgIpc) is 2.21. The molecule has 0 aliphatic rings. The Morgan fingerprint density at radius 2 is 1.93 bits per heavy atom. The molecule has 0 saturated heterocycles. The normalized spacial score (nSPS) is 9.50. The second-order valence-corrected chi connectivity index (χ2v) is 3.02. The molecule has 0 fully saturated rings. The molecule has 0 atom stereocenters. The van der Waals surface area contributed by atoms with E-state index in [1.807, 2.05) is 18.2 Å². The molecule has 0 aliphatic carbocycles. The van der Waals surface area contributed by atoms with E-state index >= 15 is 0 Å². The van der Waals surface area contributed by atoms with E-state index in [9.17, 15) is 0 Å². The van der Waals surface area contributed by atoms with E-state index < -0.39 is 0 Å². The summed E-state index contributed by atoms with van der Waals surface area (Å²) in [5, 5.41) is 8.68. The van der Waals surface area contributed by atoms with Crippen LogP contribution >= 0.6 is 0 Å². The molecule has 0 spiro atoms. The maximum absolute atomic E-state index is 8.68. The lowest BCUT2D eigenvalue weighted by atomic mass is 10.1. The number of hydrogen-bond donors (Lipinski definition) is 1. The standard InChI is InChI=1S/C12H14O2/c1-3-5-10-7-8-11(6-4-2)12(9-10)14-13/h3-4,7-9,13H,1-2,5-6H2. The molecule has 0 radical (unpaired) electrons. The summed E-state index contributed by atoms with van der Waals surface area (Å²) in [7, 11) is 0. The van der Waals surface area contributed by atoms with E-state index in [2.05, 4.69) is 18.0 Å². The van der Waals surface area contributed by atoms with E-state index in [-0.39, 0.29) is 0 Å². The van der Waals surface area contributed by atoms with Gasteiger partial charge >= 0.3 is 0 Å². The Hall–Kier alpha value is -1.54. The summed E-state index contributed by atoms with van der Waals surface area (Å²) in [6.45, 7) is 7.29. The van der Waals surface area contributed by atoms with E-state index in [0.717, 1.165) is 17.5 Å². The summed E-state index contributed by atoms with van der Waals surface area (Å²) in [6.07, 6.45) is 5.03. The quantitative estimate of drug-likeness (QED) is 0.439. The van der Waals surface area contributed by atoms with E-state index in [1.165, 1.54) is 0 Å². The van der Waals surface area contributed by atoms with Crippen LogP contribution in [0.15, 0.2) is 43.5 Å². The van der Waals surface area contributed by atoms with Gasteiger partial charge in [-0.15, -0.1) is 13.2 Å². The Balaban J connectivity index is 2.97. The summed E-state index contributed by atoms with van der Waals surface area (Å²) in [4.78, 5) is 4.30. The predicted molar refractivity (Wildman–Crippen MR) is 57.5 cm³/mol. The van der Waals surface area contributed by atoms with Gasteiger partial charge in [0.1, 0.15) is 0 Å². The van der Waals surface area contributed by atoms with Crippen LogP contribution in [0.3, 0.4) is 0 Å². The largest absolute Gasteiger partial charge is 0.340 e. The summed E-state index contributed by atoms with van der Waals surface area (Å²) in [5.41, 5.74) is 1.99. The van der Waals surface area contributed by atoms with E-state index in [4.69, 9.17) is 5.26 Å². The Morgan fingerprint density at radius 1 is 1.21 bits per heavy atom. The van der Waals surface area contributed by atoms with Gasteiger partial charge in [-0.05, 0) is 24.5 Å². The van der Waals surface area contributed by atoms with E-state index in [0.29, 0.717) is 12.2 Å². The highest BCUT2D eigenvalue weighted by Gasteiger charge is 2.03. The summed E-state index contributed by atoms with van der Waals surface area (Å²) in [6, 6.07) is 5.72. The SMILES string of the molecule is C=CCc1ccc(CC=C)c(OO)c1. The van der Waals surface area contributed by atoms with Gasteiger partial charge in [0.25, 0.3) is 0 Å². The number of benzene rings is 1. The van der Waals surface area contributed by atoms with Crippen molar-refractivity contribution in [3.05, 3.63) is 54.6 Å². The first-order chi connectivity index (χ1) is 6.81. The highest BCUT2D eigenvalue weighted by atomic mass is 17.1. The Morgan fingerprint density at radius 3 is 2.50 bits per heavy atom. The number of hydrogen-bond acceptors (Lipinski definition) is 2. The zero-order chi connectivity index (χ0) is 10.4. The van der Waals surface area contributed by atoms with Crippen molar-refractivity contribution in [2.24, 2.45) is 0 Å². The smallest absolute Gasteiger partial charge is 0.168 e. The molecule has 0 aliphatic heterocycles. The highest BCUT2D eigenvalue weighted by Crippen LogP contribution is 2.21. The molecular formula is C12H14O2. The Bertz CT molecular complexity index is 329. The van der Waals surface area contributed by atoms with Crippen molar-refractivity contribution in [2.45, 2.75) is 12.8 Å². The van der Waals surface area contributed by atoms with Gasteiger partial charge in [-0.3, -0.25) is 0 Å². The molecule has 2 heteroatoms. The second kappa shape index (κ2) is 5.25. The average molecular weight is 190 g/mol. The lowest BCUT2D eigenvalue weighted by molar-refractivity contribution is -0.138. The highest BCUT2D eigenvalue weighted by molar-refractivity contribution is 5.38. The fraction of sp³-hybridized carbons (Fsp3) is 0.167. The zero-order valence-corrected chi connectivity index (χ0v) is 8.07. The minimum absolute atomic E-state index is 0.490. The molecule has 74 valence electrons. The topological polar surface area (TPSA) is 29.5 Å². The van der Waals surface area contributed by atoms with Crippen LogP contribution < -0.4 is 4.89 Å². The maximum Gasteiger partial charge on any atom is 0.168 e. The van der Waals surface area contributed by atoms with Crippen LogP contribution in [0.5, 0.6) is 5.75 Å².